The van der Waals surface area contributed by atoms with Gasteiger partial charge in [0.05, 0.1) is 16.3 Å². The Morgan fingerprint density at radius 2 is 2.21 bits per heavy atom. The summed E-state index contributed by atoms with van der Waals surface area (Å²) in [5.74, 6) is 1.58. The van der Waals surface area contributed by atoms with Gasteiger partial charge in [0.2, 0.25) is 5.91 Å². The van der Waals surface area contributed by atoms with E-state index in [9.17, 15) is 13.2 Å². The number of sulfone groups is 1. The fourth-order valence-corrected chi connectivity index (χ4v) is 4.41. The van der Waals surface area contributed by atoms with Gasteiger partial charge in [-0.25, -0.2) is 8.42 Å². The Morgan fingerprint density at radius 1 is 1.42 bits per heavy atom. The van der Waals surface area contributed by atoms with E-state index in [0.29, 0.717) is 5.69 Å². The molecule has 0 bridgehead atoms. The number of carbonyl (C=O) groups is 1. The average molecular weight is 298 g/mol. The van der Waals surface area contributed by atoms with Crippen molar-refractivity contribution in [2.24, 2.45) is 0 Å². The van der Waals surface area contributed by atoms with Crippen molar-refractivity contribution in [3.05, 3.63) is 18.2 Å². The van der Waals surface area contributed by atoms with Crippen LogP contribution in [0.5, 0.6) is 0 Å². The highest BCUT2D eigenvalue weighted by Crippen LogP contribution is 2.39. The molecule has 7 heteroatoms. The maximum Gasteiger partial charge on any atom is 0.248 e. The van der Waals surface area contributed by atoms with Crippen molar-refractivity contribution in [3.8, 4) is 0 Å². The Labute approximate surface area is 116 Å². The van der Waals surface area contributed by atoms with Crippen LogP contribution in [0.15, 0.2) is 23.1 Å². The van der Waals surface area contributed by atoms with E-state index < -0.39 is 9.84 Å². The van der Waals surface area contributed by atoms with Crippen LogP contribution in [0, 0.1) is 0 Å². The summed E-state index contributed by atoms with van der Waals surface area (Å²) < 4.78 is 23.6. The predicted octanol–water partition coefficient (Wildman–Crippen LogP) is 0.964. The van der Waals surface area contributed by atoms with E-state index >= 15 is 0 Å². The van der Waals surface area contributed by atoms with E-state index in [1.54, 1.807) is 17.8 Å². The first kappa shape index (κ1) is 12.8. The van der Waals surface area contributed by atoms with Crippen LogP contribution in [-0.2, 0) is 14.6 Å². The number of hydrogen-bond acceptors (Lipinski definition) is 5. The predicted molar refractivity (Wildman–Crippen MR) is 76.6 cm³/mol. The van der Waals surface area contributed by atoms with Crippen molar-refractivity contribution in [2.45, 2.75) is 10.9 Å². The zero-order valence-electron chi connectivity index (χ0n) is 10.4. The van der Waals surface area contributed by atoms with Crippen LogP contribution in [0.3, 0.4) is 0 Å². The molecule has 1 aromatic rings. The third-order valence-electron chi connectivity index (χ3n) is 3.39. The molecular formula is C12H14N2O3S2. The summed E-state index contributed by atoms with van der Waals surface area (Å²) in [5, 5.41) is 2.76. The van der Waals surface area contributed by atoms with Gasteiger partial charge in [-0.1, -0.05) is 6.07 Å². The Balaban J connectivity index is 2.17. The number of amides is 1. The van der Waals surface area contributed by atoms with Gasteiger partial charge < -0.3 is 10.2 Å². The largest absolute Gasteiger partial charge is 0.356 e. The lowest BCUT2D eigenvalue weighted by atomic mass is 10.1. The standard InChI is InChI=1S/C12H14N2O3S2/c1-19(16,17)10-4-2-3-8-11(10)13-12(15)9-7-18-6-5-14(8)9/h2-4,9H,5-7H2,1H3,(H,13,15). The molecule has 19 heavy (non-hydrogen) atoms. The van der Waals surface area contributed by atoms with Crippen LogP contribution in [0.4, 0.5) is 11.4 Å². The maximum atomic E-state index is 12.1. The molecule has 1 atom stereocenters. The number of nitrogens with one attached hydrogen (secondary N) is 1. The van der Waals surface area contributed by atoms with Gasteiger partial charge >= 0.3 is 0 Å². The van der Waals surface area contributed by atoms with E-state index in [0.717, 1.165) is 30.0 Å². The first-order valence-electron chi connectivity index (χ1n) is 5.97. The summed E-state index contributed by atoms with van der Waals surface area (Å²) in [7, 11) is -3.35. The fourth-order valence-electron chi connectivity index (χ4n) is 2.51. The maximum absolute atomic E-state index is 12.1. The highest BCUT2D eigenvalue weighted by molar-refractivity contribution is 7.99. The van der Waals surface area contributed by atoms with Crippen LogP contribution < -0.4 is 10.2 Å². The third kappa shape index (κ3) is 2.10. The smallest absolute Gasteiger partial charge is 0.248 e. The molecular weight excluding hydrogens is 284 g/mol. The van der Waals surface area contributed by atoms with Crippen LogP contribution in [0.25, 0.3) is 0 Å². The molecule has 5 nitrogen and oxygen atoms in total. The number of rotatable bonds is 1. The minimum absolute atomic E-state index is 0.115. The van der Waals surface area contributed by atoms with Crippen molar-refractivity contribution >= 4 is 38.9 Å². The van der Waals surface area contributed by atoms with E-state index in [-0.39, 0.29) is 16.8 Å². The van der Waals surface area contributed by atoms with Gasteiger partial charge in [-0.15, -0.1) is 0 Å². The Bertz CT molecular complexity index is 642. The monoisotopic (exact) mass is 298 g/mol. The summed E-state index contributed by atoms with van der Waals surface area (Å²) in [6.07, 6.45) is 1.16. The van der Waals surface area contributed by atoms with E-state index in [1.165, 1.54) is 6.07 Å². The number of nitrogens with zero attached hydrogens (tertiary/aromatic N) is 1. The van der Waals surface area contributed by atoms with Gasteiger partial charge in [-0.3, -0.25) is 4.79 Å². The summed E-state index contributed by atoms with van der Waals surface area (Å²) in [4.78, 5) is 14.3. The van der Waals surface area contributed by atoms with Crippen molar-refractivity contribution in [2.75, 3.05) is 34.5 Å². The van der Waals surface area contributed by atoms with Gasteiger partial charge in [0.1, 0.15) is 6.04 Å². The first-order valence-corrected chi connectivity index (χ1v) is 9.01. The molecule has 0 spiro atoms. The molecule has 0 aromatic heterocycles. The van der Waals surface area contributed by atoms with Crippen molar-refractivity contribution < 1.29 is 13.2 Å². The molecule has 1 fully saturated rings. The lowest BCUT2D eigenvalue weighted by Gasteiger charge is -2.41. The van der Waals surface area contributed by atoms with E-state index in [1.807, 2.05) is 11.0 Å². The van der Waals surface area contributed by atoms with Crippen LogP contribution >= 0.6 is 11.8 Å². The molecule has 1 saturated heterocycles. The molecule has 0 aliphatic carbocycles. The second kappa shape index (κ2) is 4.42. The average Bonchev–Trinajstić information content (AvgIpc) is 2.37. The first-order chi connectivity index (χ1) is 8.98. The van der Waals surface area contributed by atoms with Crippen molar-refractivity contribution in [1.29, 1.82) is 0 Å². The number of benzene rings is 1. The zero-order chi connectivity index (χ0) is 13.6. The molecule has 1 aromatic carbocycles. The molecule has 1 unspecified atom stereocenters. The molecule has 1 N–H and O–H groups in total. The minimum atomic E-state index is -3.35. The minimum Gasteiger partial charge on any atom is -0.356 e. The van der Waals surface area contributed by atoms with Crippen molar-refractivity contribution in [1.82, 2.24) is 0 Å². The Hall–Kier alpha value is -1.21. The molecule has 3 rings (SSSR count). The quantitative estimate of drug-likeness (QED) is 0.836. The molecule has 0 saturated carbocycles. The SMILES string of the molecule is CS(=O)(=O)c1cccc2c1NC(=O)C1CSCCN21. The molecule has 0 radical (unpaired) electrons. The lowest BCUT2D eigenvalue weighted by molar-refractivity contribution is -0.117. The fraction of sp³-hybridized carbons (Fsp3) is 0.417. The lowest BCUT2D eigenvalue weighted by Crippen LogP contribution is -2.53. The van der Waals surface area contributed by atoms with E-state index in [4.69, 9.17) is 0 Å². The summed E-state index contributed by atoms with van der Waals surface area (Å²) in [6.45, 7) is 0.767. The third-order valence-corrected chi connectivity index (χ3v) is 5.55. The van der Waals surface area contributed by atoms with E-state index in [2.05, 4.69) is 5.32 Å². The molecule has 1 amide bonds. The second-order valence-electron chi connectivity index (χ2n) is 4.70. The highest BCUT2D eigenvalue weighted by atomic mass is 32.2. The van der Waals surface area contributed by atoms with Gasteiger partial charge in [0.25, 0.3) is 0 Å². The molecule has 2 aliphatic rings. The number of thioether (sulfide) groups is 1. The van der Waals surface area contributed by atoms with Gasteiger partial charge in [0.15, 0.2) is 9.84 Å². The van der Waals surface area contributed by atoms with Gasteiger partial charge in [-0.05, 0) is 12.1 Å². The van der Waals surface area contributed by atoms with Crippen LogP contribution in [0.2, 0.25) is 0 Å². The second-order valence-corrected chi connectivity index (χ2v) is 7.83. The topological polar surface area (TPSA) is 66.5 Å². The molecule has 2 aliphatic heterocycles. The van der Waals surface area contributed by atoms with Crippen LogP contribution in [-0.4, -0.2) is 44.7 Å². The number of carbonyl (C=O) groups excluding carboxylic acids is 1. The number of anilines is 2. The summed E-state index contributed by atoms with van der Waals surface area (Å²) in [6, 6.07) is 4.94. The van der Waals surface area contributed by atoms with Crippen molar-refractivity contribution in [3.63, 3.8) is 0 Å². The number of hydrogen-bond donors (Lipinski definition) is 1. The Kier molecular flexibility index (Phi) is 2.98. The number of para-hydroxylation sites is 1. The van der Waals surface area contributed by atoms with Gasteiger partial charge in [-0.2, -0.15) is 11.8 Å². The summed E-state index contributed by atoms with van der Waals surface area (Å²) >= 11 is 1.75. The normalized spacial score (nSPS) is 22.5. The molecule has 2 heterocycles. The highest BCUT2D eigenvalue weighted by Gasteiger charge is 2.36. The van der Waals surface area contributed by atoms with Gasteiger partial charge in [0, 0.05) is 24.3 Å². The van der Waals surface area contributed by atoms with Crippen LogP contribution in [0.1, 0.15) is 0 Å². The zero-order valence-corrected chi connectivity index (χ0v) is 12.1. The number of fused-ring (bicyclic) bond motifs is 3. The Morgan fingerprint density at radius 3 is 2.95 bits per heavy atom. The molecule has 102 valence electrons. The summed E-state index contributed by atoms with van der Waals surface area (Å²) in [5.41, 5.74) is 1.24.